The predicted molar refractivity (Wildman–Crippen MR) is 59.5 cm³/mol. The number of rotatable bonds is 6. The number of aromatic carboxylic acids is 1. The lowest BCUT2D eigenvalue weighted by atomic mass is 10.4. The van der Waals surface area contributed by atoms with Gasteiger partial charge >= 0.3 is 5.97 Å². The zero-order valence-corrected chi connectivity index (χ0v) is 9.63. The van der Waals surface area contributed by atoms with Crippen LogP contribution < -0.4 is 10.6 Å². The Morgan fingerprint density at radius 2 is 2.31 bits per heavy atom. The van der Waals surface area contributed by atoms with Crippen molar-refractivity contribution in [1.82, 2.24) is 15.6 Å². The summed E-state index contributed by atoms with van der Waals surface area (Å²) in [6.07, 6.45) is 0. The quantitative estimate of drug-likeness (QED) is 0.657. The molecule has 1 amide bonds. The van der Waals surface area contributed by atoms with Crippen LogP contribution in [-0.4, -0.2) is 35.1 Å². The summed E-state index contributed by atoms with van der Waals surface area (Å²) in [6.45, 7) is 3.03. The third-order valence-electron chi connectivity index (χ3n) is 1.70. The fourth-order valence-electron chi connectivity index (χ4n) is 1.05. The van der Waals surface area contributed by atoms with Crippen LogP contribution in [0.5, 0.6) is 0 Å². The maximum Gasteiger partial charge on any atom is 0.365 e. The molecule has 1 heterocycles. The van der Waals surface area contributed by atoms with E-state index in [9.17, 15) is 9.59 Å². The Labute approximate surface area is 96.7 Å². The Morgan fingerprint density at radius 1 is 1.56 bits per heavy atom. The topological polar surface area (TPSA) is 91.3 Å². The average Bonchev–Trinajstić information content (AvgIpc) is 2.67. The van der Waals surface area contributed by atoms with Crippen LogP contribution in [0, 0.1) is 0 Å². The van der Waals surface area contributed by atoms with Gasteiger partial charge in [0.25, 0.3) is 0 Å². The first kappa shape index (κ1) is 12.6. The monoisotopic (exact) mass is 243 g/mol. The van der Waals surface area contributed by atoms with Gasteiger partial charge in [0.15, 0.2) is 0 Å². The molecule has 0 aliphatic heterocycles. The van der Waals surface area contributed by atoms with Crippen LogP contribution in [0.15, 0.2) is 5.38 Å². The van der Waals surface area contributed by atoms with Gasteiger partial charge in [-0.15, -0.1) is 11.3 Å². The summed E-state index contributed by atoms with van der Waals surface area (Å²) in [7, 11) is 0. The van der Waals surface area contributed by atoms with E-state index in [1.807, 2.05) is 6.92 Å². The molecule has 0 fully saturated rings. The van der Waals surface area contributed by atoms with Crippen molar-refractivity contribution in [2.75, 3.05) is 13.1 Å². The molecule has 0 saturated heterocycles. The van der Waals surface area contributed by atoms with Crippen molar-refractivity contribution in [3.05, 3.63) is 16.1 Å². The van der Waals surface area contributed by atoms with Crippen molar-refractivity contribution in [3.63, 3.8) is 0 Å². The molecule has 3 N–H and O–H groups in total. The number of carbonyl (C=O) groups is 2. The minimum atomic E-state index is -1.03. The smallest absolute Gasteiger partial charge is 0.365 e. The summed E-state index contributed by atoms with van der Waals surface area (Å²) >= 11 is 1.08. The molecule has 6 nitrogen and oxygen atoms in total. The number of nitrogens with zero attached hydrogens (tertiary/aromatic N) is 1. The number of thiazole rings is 1. The van der Waals surface area contributed by atoms with E-state index in [1.54, 1.807) is 5.38 Å². The zero-order chi connectivity index (χ0) is 12.0. The van der Waals surface area contributed by atoms with Crippen LogP contribution in [0.25, 0.3) is 0 Å². The first-order chi connectivity index (χ1) is 7.63. The summed E-state index contributed by atoms with van der Waals surface area (Å²) in [6, 6.07) is 0. The number of likely N-dealkylation sites (N-methyl/N-ethyl adjacent to an activating group) is 1. The second kappa shape index (κ2) is 6.19. The van der Waals surface area contributed by atoms with E-state index in [1.165, 1.54) is 0 Å². The third-order valence-corrected chi connectivity index (χ3v) is 2.58. The molecule has 0 atom stereocenters. The fraction of sp³-hybridized carbons (Fsp3) is 0.444. The Bertz CT molecular complexity index is 378. The Kier molecular flexibility index (Phi) is 4.87. The zero-order valence-electron chi connectivity index (χ0n) is 8.82. The molecular formula is C9H13N3O3S. The number of amides is 1. The number of aromatic nitrogens is 1. The Hall–Kier alpha value is -1.47. The van der Waals surface area contributed by atoms with Gasteiger partial charge in [-0.05, 0) is 6.92 Å². The van der Waals surface area contributed by atoms with Crippen LogP contribution in [0.3, 0.4) is 0 Å². The van der Waals surface area contributed by atoms with Crippen LogP contribution >= 0.6 is 11.3 Å². The summed E-state index contributed by atoms with van der Waals surface area (Å²) in [5.74, 6) is -1.11. The largest absolute Gasteiger partial charge is 0.476 e. The Morgan fingerprint density at radius 3 is 2.88 bits per heavy atom. The molecule has 0 aliphatic carbocycles. The summed E-state index contributed by atoms with van der Waals surface area (Å²) in [5, 5.41) is 15.9. The van der Waals surface area contributed by atoms with E-state index in [0.29, 0.717) is 18.8 Å². The SMILES string of the molecule is CCNC(=O)CNCc1csc(C(=O)O)n1. The van der Waals surface area contributed by atoms with Gasteiger partial charge < -0.3 is 15.7 Å². The molecule has 16 heavy (non-hydrogen) atoms. The molecule has 1 aromatic heterocycles. The molecular weight excluding hydrogens is 230 g/mol. The predicted octanol–water partition coefficient (Wildman–Crippen LogP) is 0.0670. The molecule has 1 aromatic rings. The number of hydrogen-bond acceptors (Lipinski definition) is 5. The van der Waals surface area contributed by atoms with Crippen molar-refractivity contribution in [2.45, 2.75) is 13.5 Å². The minimum Gasteiger partial charge on any atom is -0.476 e. The highest BCUT2D eigenvalue weighted by Gasteiger charge is 2.08. The van der Waals surface area contributed by atoms with Gasteiger partial charge in [-0.1, -0.05) is 0 Å². The van der Waals surface area contributed by atoms with Crippen LogP contribution in [0.4, 0.5) is 0 Å². The average molecular weight is 243 g/mol. The number of hydrogen-bond donors (Lipinski definition) is 3. The van der Waals surface area contributed by atoms with E-state index in [-0.39, 0.29) is 17.5 Å². The standard InChI is InChI=1S/C9H13N3O3S/c1-2-11-7(13)4-10-3-6-5-16-8(12-6)9(14)15/h5,10H,2-4H2,1H3,(H,11,13)(H,14,15). The number of carboxylic acids is 1. The maximum absolute atomic E-state index is 11.1. The van der Waals surface area contributed by atoms with Gasteiger partial charge in [0.05, 0.1) is 12.2 Å². The lowest BCUT2D eigenvalue weighted by Gasteiger charge is -2.02. The molecule has 0 saturated carbocycles. The molecule has 0 bridgehead atoms. The van der Waals surface area contributed by atoms with E-state index in [4.69, 9.17) is 5.11 Å². The van der Waals surface area contributed by atoms with E-state index < -0.39 is 5.97 Å². The van der Waals surface area contributed by atoms with Gasteiger partial charge in [-0.25, -0.2) is 9.78 Å². The molecule has 1 rings (SSSR count). The van der Waals surface area contributed by atoms with Crippen LogP contribution in [0.1, 0.15) is 22.4 Å². The summed E-state index contributed by atoms with van der Waals surface area (Å²) < 4.78 is 0. The van der Waals surface area contributed by atoms with Gasteiger partial charge in [0, 0.05) is 18.5 Å². The number of nitrogens with one attached hydrogen (secondary N) is 2. The van der Waals surface area contributed by atoms with Crippen molar-refractivity contribution in [3.8, 4) is 0 Å². The first-order valence-corrected chi connectivity index (χ1v) is 5.66. The molecule has 88 valence electrons. The normalized spacial score (nSPS) is 10.1. The maximum atomic E-state index is 11.1. The van der Waals surface area contributed by atoms with Gasteiger partial charge in [-0.2, -0.15) is 0 Å². The number of carboxylic acid groups (broad SMARTS) is 1. The molecule has 0 unspecified atom stereocenters. The van der Waals surface area contributed by atoms with Crippen molar-refractivity contribution < 1.29 is 14.7 Å². The molecule has 0 spiro atoms. The second-order valence-electron chi connectivity index (χ2n) is 3.01. The summed E-state index contributed by atoms with van der Waals surface area (Å²) in [5.41, 5.74) is 0.631. The Balaban J connectivity index is 2.32. The van der Waals surface area contributed by atoms with E-state index in [2.05, 4.69) is 15.6 Å². The first-order valence-electron chi connectivity index (χ1n) is 4.78. The number of carbonyl (C=O) groups excluding carboxylic acids is 1. The minimum absolute atomic E-state index is 0.0646. The molecule has 0 radical (unpaired) electrons. The molecule has 7 heteroatoms. The van der Waals surface area contributed by atoms with Gasteiger partial charge in [-0.3, -0.25) is 4.79 Å². The second-order valence-corrected chi connectivity index (χ2v) is 3.86. The van der Waals surface area contributed by atoms with Crippen LogP contribution in [-0.2, 0) is 11.3 Å². The highest BCUT2D eigenvalue weighted by Crippen LogP contribution is 2.08. The van der Waals surface area contributed by atoms with Crippen molar-refractivity contribution in [2.24, 2.45) is 0 Å². The molecule has 0 aliphatic rings. The van der Waals surface area contributed by atoms with E-state index in [0.717, 1.165) is 11.3 Å². The lowest BCUT2D eigenvalue weighted by molar-refractivity contribution is -0.120. The highest BCUT2D eigenvalue weighted by molar-refractivity contribution is 7.11. The lowest BCUT2D eigenvalue weighted by Crippen LogP contribution is -2.33. The van der Waals surface area contributed by atoms with E-state index >= 15 is 0 Å². The van der Waals surface area contributed by atoms with Crippen LogP contribution in [0.2, 0.25) is 0 Å². The third kappa shape index (κ3) is 3.95. The fourth-order valence-corrected chi connectivity index (χ4v) is 1.70. The van der Waals surface area contributed by atoms with Gasteiger partial charge in [0.1, 0.15) is 0 Å². The van der Waals surface area contributed by atoms with Crippen molar-refractivity contribution >= 4 is 23.2 Å². The molecule has 0 aromatic carbocycles. The highest BCUT2D eigenvalue weighted by atomic mass is 32.1. The van der Waals surface area contributed by atoms with Crippen molar-refractivity contribution in [1.29, 1.82) is 0 Å². The van der Waals surface area contributed by atoms with Gasteiger partial charge in [0.2, 0.25) is 10.9 Å². The summed E-state index contributed by atoms with van der Waals surface area (Å²) in [4.78, 5) is 25.5.